The first-order chi connectivity index (χ1) is 9.29. The number of hydrogen-bond acceptors (Lipinski definition) is 3. The van der Waals surface area contributed by atoms with E-state index in [4.69, 9.17) is 4.74 Å². The van der Waals surface area contributed by atoms with Crippen molar-refractivity contribution in [2.45, 2.75) is 44.4 Å². The minimum atomic E-state index is -0.0961. The smallest absolute Gasteiger partial charge is 0.124 e. The number of para-hydroxylation sites is 1. The highest BCUT2D eigenvalue weighted by atomic mass is 16.5. The Labute approximate surface area is 115 Å². The van der Waals surface area contributed by atoms with Gasteiger partial charge < -0.3 is 15.2 Å². The van der Waals surface area contributed by atoms with Gasteiger partial charge in [0.1, 0.15) is 12.4 Å². The van der Waals surface area contributed by atoms with E-state index in [9.17, 15) is 5.11 Å². The molecule has 3 nitrogen and oxygen atoms in total. The Hall–Kier alpha value is -1.32. The summed E-state index contributed by atoms with van der Waals surface area (Å²) in [5.74, 6) is 0.922. The molecule has 1 aliphatic carbocycles. The minimum Gasteiger partial charge on any atom is -0.489 e. The highest BCUT2D eigenvalue weighted by molar-refractivity contribution is 5.33. The summed E-state index contributed by atoms with van der Waals surface area (Å²) in [4.78, 5) is 0. The maximum absolute atomic E-state index is 9.50. The number of rotatable bonds is 6. The van der Waals surface area contributed by atoms with E-state index in [2.05, 4.69) is 18.0 Å². The summed E-state index contributed by atoms with van der Waals surface area (Å²) in [7, 11) is 0. The zero-order chi connectivity index (χ0) is 13.5. The van der Waals surface area contributed by atoms with E-state index in [1.807, 2.05) is 18.2 Å². The second-order valence-corrected chi connectivity index (χ2v) is 5.09. The van der Waals surface area contributed by atoms with Crippen LogP contribution in [-0.4, -0.2) is 23.9 Å². The van der Waals surface area contributed by atoms with E-state index >= 15 is 0 Å². The van der Waals surface area contributed by atoms with Gasteiger partial charge in [0, 0.05) is 18.2 Å². The molecule has 0 aliphatic heterocycles. The highest BCUT2D eigenvalue weighted by Crippen LogP contribution is 2.21. The van der Waals surface area contributed by atoms with Crippen molar-refractivity contribution in [2.24, 2.45) is 0 Å². The van der Waals surface area contributed by atoms with Crippen molar-refractivity contribution < 1.29 is 9.84 Å². The Morgan fingerprint density at radius 1 is 1.26 bits per heavy atom. The third-order valence-electron chi connectivity index (χ3n) is 3.61. The number of aliphatic hydroxyl groups excluding tert-OH is 1. The minimum absolute atomic E-state index is 0.0961. The van der Waals surface area contributed by atoms with Crippen LogP contribution in [0.5, 0.6) is 5.75 Å². The molecule has 0 radical (unpaired) electrons. The summed E-state index contributed by atoms with van der Waals surface area (Å²) < 4.78 is 5.65. The van der Waals surface area contributed by atoms with Crippen molar-refractivity contribution in [3.8, 4) is 5.75 Å². The van der Waals surface area contributed by atoms with E-state index in [0.29, 0.717) is 12.6 Å². The zero-order valence-electron chi connectivity index (χ0n) is 11.3. The van der Waals surface area contributed by atoms with Gasteiger partial charge >= 0.3 is 0 Å². The third kappa shape index (κ3) is 4.37. The third-order valence-corrected chi connectivity index (χ3v) is 3.61. The van der Waals surface area contributed by atoms with Crippen LogP contribution in [0.15, 0.2) is 36.9 Å². The highest BCUT2D eigenvalue weighted by Gasteiger charge is 2.18. The van der Waals surface area contributed by atoms with E-state index in [0.717, 1.165) is 38.0 Å². The van der Waals surface area contributed by atoms with Crippen LogP contribution < -0.4 is 10.1 Å². The molecule has 0 bridgehead atoms. The van der Waals surface area contributed by atoms with Gasteiger partial charge in [0.15, 0.2) is 0 Å². The molecule has 1 fully saturated rings. The molecular formula is C16H23NO2. The average Bonchev–Trinajstić information content (AvgIpc) is 2.45. The van der Waals surface area contributed by atoms with Crippen molar-refractivity contribution >= 4 is 0 Å². The molecule has 0 saturated heterocycles. The molecule has 0 heterocycles. The molecule has 19 heavy (non-hydrogen) atoms. The number of nitrogens with one attached hydrogen (secondary N) is 1. The molecule has 1 aromatic carbocycles. The lowest BCUT2D eigenvalue weighted by Gasteiger charge is -2.26. The lowest BCUT2D eigenvalue weighted by atomic mass is 9.93. The van der Waals surface area contributed by atoms with Crippen LogP contribution in [-0.2, 0) is 6.54 Å². The normalized spacial score (nSPS) is 23.0. The Bertz CT molecular complexity index is 397. The van der Waals surface area contributed by atoms with Gasteiger partial charge in [-0.3, -0.25) is 0 Å². The molecule has 0 aromatic heterocycles. The largest absolute Gasteiger partial charge is 0.489 e. The molecule has 1 aromatic rings. The zero-order valence-corrected chi connectivity index (χ0v) is 11.3. The van der Waals surface area contributed by atoms with Gasteiger partial charge in [-0.2, -0.15) is 0 Å². The molecule has 1 saturated carbocycles. The molecule has 0 amide bonds. The number of ether oxygens (including phenoxy) is 1. The monoisotopic (exact) mass is 261 g/mol. The van der Waals surface area contributed by atoms with Crippen molar-refractivity contribution in [1.29, 1.82) is 0 Å². The Balaban J connectivity index is 1.86. The maximum atomic E-state index is 9.50. The summed E-state index contributed by atoms with van der Waals surface area (Å²) in [6, 6.07) is 8.60. The van der Waals surface area contributed by atoms with E-state index < -0.39 is 0 Å². The van der Waals surface area contributed by atoms with Crippen LogP contribution in [0, 0.1) is 0 Å². The Morgan fingerprint density at radius 3 is 2.74 bits per heavy atom. The van der Waals surface area contributed by atoms with Crippen LogP contribution in [0.3, 0.4) is 0 Å². The van der Waals surface area contributed by atoms with Gasteiger partial charge in [-0.1, -0.05) is 30.9 Å². The number of benzene rings is 1. The first-order valence-electron chi connectivity index (χ1n) is 7.02. The summed E-state index contributed by atoms with van der Waals surface area (Å²) >= 11 is 0. The predicted molar refractivity (Wildman–Crippen MR) is 77.2 cm³/mol. The Morgan fingerprint density at radius 2 is 2.00 bits per heavy atom. The van der Waals surface area contributed by atoms with E-state index in [1.54, 1.807) is 6.08 Å². The number of aliphatic hydroxyl groups is 1. The van der Waals surface area contributed by atoms with Crippen LogP contribution in [0.1, 0.15) is 31.2 Å². The topological polar surface area (TPSA) is 41.5 Å². The second-order valence-electron chi connectivity index (χ2n) is 5.09. The summed E-state index contributed by atoms with van der Waals surface area (Å²) in [6.45, 7) is 5.02. The quantitative estimate of drug-likeness (QED) is 0.774. The van der Waals surface area contributed by atoms with Crippen molar-refractivity contribution in [1.82, 2.24) is 5.32 Å². The maximum Gasteiger partial charge on any atom is 0.124 e. The standard InChI is InChI=1S/C16H23NO2/c1-2-11-19-16-6-4-3-5-13(16)12-17-14-7-9-15(18)10-8-14/h2-6,14-15,17-18H,1,7-12H2. The lowest BCUT2D eigenvalue weighted by molar-refractivity contribution is 0.116. The molecule has 0 atom stereocenters. The van der Waals surface area contributed by atoms with Crippen LogP contribution in [0.2, 0.25) is 0 Å². The fourth-order valence-electron chi connectivity index (χ4n) is 2.47. The van der Waals surface area contributed by atoms with Gasteiger partial charge in [-0.05, 0) is 31.7 Å². The molecular weight excluding hydrogens is 238 g/mol. The molecule has 2 rings (SSSR count). The van der Waals surface area contributed by atoms with Gasteiger partial charge in [0.2, 0.25) is 0 Å². The summed E-state index contributed by atoms with van der Waals surface area (Å²) in [6.07, 6.45) is 5.58. The predicted octanol–water partition coefficient (Wildman–Crippen LogP) is 2.64. The van der Waals surface area contributed by atoms with Gasteiger partial charge in [-0.15, -0.1) is 0 Å². The SMILES string of the molecule is C=CCOc1ccccc1CNC1CCC(O)CC1. The molecule has 2 N–H and O–H groups in total. The van der Waals surface area contributed by atoms with Crippen molar-refractivity contribution in [3.05, 3.63) is 42.5 Å². The van der Waals surface area contributed by atoms with Gasteiger partial charge in [0.25, 0.3) is 0 Å². The van der Waals surface area contributed by atoms with Gasteiger partial charge in [0.05, 0.1) is 6.10 Å². The first-order valence-corrected chi connectivity index (χ1v) is 7.02. The van der Waals surface area contributed by atoms with Gasteiger partial charge in [-0.25, -0.2) is 0 Å². The fraction of sp³-hybridized carbons (Fsp3) is 0.500. The number of hydrogen-bond donors (Lipinski definition) is 2. The molecule has 0 unspecified atom stereocenters. The molecule has 1 aliphatic rings. The van der Waals surface area contributed by atoms with Crippen LogP contribution >= 0.6 is 0 Å². The second kappa shape index (κ2) is 7.31. The summed E-state index contributed by atoms with van der Waals surface area (Å²) in [5, 5.41) is 13.1. The van der Waals surface area contributed by atoms with Crippen molar-refractivity contribution in [2.75, 3.05) is 6.61 Å². The fourth-order valence-corrected chi connectivity index (χ4v) is 2.47. The van der Waals surface area contributed by atoms with E-state index in [-0.39, 0.29) is 6.10 Å². The Kier molecular flexibility index (Phi) is 5.43. The van der Waals surface area contributed by atoms with E-state index in [1.165, 1.54) is 5.56 Å². The van der Waals surface area contributed by atoms with Crippen LogP contribution in [0.4, 0.5) is 0 Å². The molecule has 3 heteroatoms. The first kappa shape index (κ1) is 14.1. The lowest BCUT2D eigenvalue weighted by Crippen LogP contribution is -2.34. The van der Waals surface area contributed by atoms with Crippen molar-refractivity contribution in [3.63, 3.8) is 0 Å². The molecule has 0 spiro atoms. The van der Waals surface area contributed by atoms with Crippen LogP contribution in [0.25, 0.3) is 0 Å². The summed E-state index contributed by atoms with van der Waals surface area (Å²) in [5.41, 5.74) is 1.18. The molecule has 104 valence electrons. The average molecular weight is 261 g/mol.